The summed E-state index contributed by atoms with van der Waals surface area (Å²) in [6.45, 7) is 2.21. The molecule has 3 nitrogen and oxygen atoms in total. The van der Waals surface area contributed by atoms with Crippen LogP contribution in [0.4, 0.5) is 0 Å². The Hall–Kier alpha value is -2.08. The van der Waals surface area contributed by atoms with Gasteiger partial charge in [0.2, 0.25) is 0 Å². The molecule has 0 N–H and O–H groups in total. The lowest BCUT2D eigenvalue weighted by molar-refractivity contribution is -0.141. The maximum atomic E-state index is 11.5. The van der Waals surface area contributed by atoms with Crippen molar-refractivity contribution in [3.63, 3.8) is 0 Å². The van der Waals surface area contributed by atoms with Crippen molar-refractivity contribution >= 4 is 11.5 Å². The lowest BCUT2D eigenvalue weighted by Gasteiger charge is -2.17. The minimum Gasteiger partial charge on any atom is -0.466 e. The molecule has 0 radical (unpaired) electrons. The molecule has 0 unspecified atom stereocenters. The van der Waals surface area contributed by atoms with Crippen LogP contribution in [-0.4, -0.2) is 12.6 Å². The van der Waals surface area contributed by atoms with Crippen LogP contribution in [0, 0.1) is 11.3 Å². The van der Waals surface area contributed by atoms with E-state index in [9.17, 15) is 4.79 Å². The van der Waals surface area contributed by atoms with Crippen LogP contribution in [-0.2, 0) is 16.0 Å². The fraction of sp³-hybridized carbons (Fsp3) is 0.333. The second-order valence-electron chi connectivity index (χ2n) is 4.23. The zero-order chi connectivity index (χ0) is 13.0. The van der Waals surface area contributed by atoms with Crippen molar-refractivity contribution in [2.45, 2.75) is 26.2 Å². The molecule has 0 saturated heterocycles. The maximum Gasteiger partial charge on any atom is 0.310 e. The number of nitriles is 1. The number of hydrogen-bond donors (Lipinski definition) is 0. The van der Waals surface area contributed by atoms with Gasteiger partial charge in [0.15, 0.2) is 0 Å². The number of ether oxygens (including phenoxy) is 1. The molecule has 0 bridgehead atoms. The molecule has 0 heterocycles. The van der Waals surface area contributed by atoms with Gasteiger partial charge in [-0.25, -0.2) is 0 Å². The summed E-state index contributed by atoms with van der Waals surface area (Å²) in [4.78, 5) is 11.5. The van der Waals surface area contributed by atoms with Gasteiger partial charge in [-0.1, -0.05) is 12.1 Å². The van der Waals surface area contributed by atoms with E-state index in [1.54, 1.807) is 13.0 Å². The summed E-state index contributed by atoms with van der Waals surface area (Å²) in [6.07, 6.45) is 4.24. The summed E-state index contributed by atoms with van der Waals surface area (Å²) in [7, 11) is 0. The van der Waals surface area contributed by atoms with Crippen molar-refractivity contribution in [3.05, 3.63) is 41.0 Å². The number of rotatable bonds is 3. The van der Waals surface area contributed by atoms with Crippen LogP contribution in [0.15, 0.2) is 24.3 Å². The van der Waals surface area contributed by atoms with Crippen LogP contribution in [0.3, 0.4) is 0 Å². The molecule has 0 amide bonds. The second-order valence-corrected chi connectivity index (χ2v) is 4.23. The van der Waals surface area contributed by atoms with Crippen LogP contribution in [0.1, 0.15) is 36.5 Å². The first-order valence-electron chi connectivity index (χ1n) is 6.12. The number of aryl methyl sites for hydroxylation is 1. The lowest BCUT2D eigenvalue weighted by Crippen LogP contribution is -2.08. The predicted molar refractivity (Wildman–Crippen MR) is 68.7 cm³/mol. The van der Waals surface area contributed by atoms with Crippen LogP contribution >= 0.6 is 0 Å². The summed E-state index contributed by atoms with van der Waals surface area (Å²) >= 11 is 0. The molecule has 1 aromatic rings. The van der Waals surface area contributed by atoms with Gasteiger partial charge in [0.05, 0.1) is 24.7 Å². The first-order chi connectivity index (χ1) is 8.74. The van der Waals surface area contributed by atoms with E-state index < -0.39 is 0 Å². The predicted octanol–water partition coefficient (Wildman–Crippen LogP) is 2.84. The fourth-order valence-corrected chi connectivity index (χ4v) is 2.23. The highest BCUT2D eigenvalue weighted by atomic mass is 16.5. The van der Waals surface area contributed by atoms with Gasteiger partial charge in [-0.3, -0.25) is 4.79 Å². The topological polar surface area (TPSA) is 50.1 Å². The molecule has 0 aromatic heterocycles. The molecule has 92 valence electrons. The molecule has 1 aliphatic carbocycles. The van der Waals surface area contributed by atoms with Crippen molar-refractivity contribution in [3.8, 4) is 6.07 Å². The number of allylic oxidation sites excluding steroid dienone is 1. The van der Waals surface area contributed by atoms with E-state index >= 15 is 0 Å². The molecule has 0 saturated carbocycles. The maximum absolute atomic E-state index is 11.5. The van der Waals surface area contributed by atoms with E-state index in [1.807, 2.05) is 12.1 Å². The van der Waals surface area contributed by atoms with Gasteiger partial charge in [0.1, 0.15) is 0 Å². The smallest absolute Gasteiger partial charge is 0.310 e. The van der Waals surface area contributed by atoms with E-state index in [1.165, 1.54) is 0 Å². The Kier molecular flexibility index (Phi) is 3.78. The van der Waals surface area contributed by atoms with Gasteiger partial charge < -0.3 is 4.74 Å². The Bertz CT molecular complexity index is 538. The van der Waals surface area contributed by atoms with Crippen LogP contribution in [0.2, 0.25) is 0 Å². The van der Waals surface area contributed by atoms with E-state index in [0.29, 0.717) is 18.6 Å². The Morgan fingerprint density at radius 3 is 3.06 bits per heavy atom. The highest BCUT2D eigenvalue weighted by Gasteiger charge is 2.16. The number of fused-ring (bicyclic) bond motifs is 1. The minimum atomic E-state index is -0.194. The summed E-state index contributed by atoms with van der Waals surface area (Å²) < 4.78 is 4.97. The summed E-state index contributed by atoms with van der Waals surface area (Å²) in [6, 6.07) is 7.78. The van der Waals surface area contributed by atoms with Gasteiger partial charge in [-0.05, 0) is 48.6 Å². The number of esters is 1. The normalized spacial score (nSPS) is 13.2. The standard InChI is InChI=1S/C15H15NO2/c1-2-18-15(17)9-13-5-3-4-12-8-11(10-16)6-7-14(12)13/h5-8H,2-4,9H2,1H3. The molecule has 1 aliphatic rings. The summed E-state index contributed by atoms with van der Waals surface area (Å²) in [5.41, 5.74) is 3.91. The van der Waals surface area contributed by atoms with Gasteiger partial charge >= 0.3 is 5.97 Å². The lowest BCUT2D eigenvalue weighted by atomic mass is 9.88. The molecular formula is C15H15NO2. The van der Waals surface area contributed by atoms with Gasteiger partial charge in [0.25, 0.3) is 0 Å². The van der Waals surface area contributed by atoms with Crippen LogP contribution in [0.5, 0.6) is 0 Å². The average Bonchev–Trinajstić information content (AvgIpc) is 2.38. The van der Waals surface area contributed by atoms with Gasteiger partial charge in [-0.2, -0.15) is 5.26 Å². The van der Waals surface area contributed by atoms with E-state index in [2.05, 4.69) is 12.1 Å². The zero-order valence-corrected chi connectivity index (χ0v) is 10.4. The molecule has 0 atom stereocenters. The van der Waals surface area contributed by atoms with Crippen molar-refractivity contribution < 1.29 is 9.53 Å². The first kappa shape index (κ1) is 12.4. The van der Waals surface area contributed by atoms with Crippen molar-refractivity contribution in [2.75, 3.05) is 6.61 Å². The average molecular weight is 241 g/mol. The molecule has 0 fully saturated rings. The highest BCUT2D eigenvalue weighted by Crippen LogP contribution is 2.29. The third-order valence-electron chi connectivity index (χ3n) is 3.02. The number of nitrogens with zero attached hydrogens (tertiary/aromatic N) is 1. The molecular weight excluding hydrogens is 226 g/mol. The van der Waals surface area contributed by atoms with Crippen molar-refractivity contribution in [2.24, 2.45) is 0 Å². The third-order valence-corrected chi connectivity index (χ3v) is 3.02. The fourth-order valence-electron chi connectivity index (χ4n) is 2.23. The first-order valence-corrected chi connectivity index (χ1v) is 6.12. The summed E-state index contributed by atoms with van der Waals surface area (Å²) in [5.74, 6) is -0.194. The number of carbonyl (C=O) groups excluding carboxylic acids is 1. The summed E-state index contributed by atoms with van der Waals surface area (Å²) in [5, 5.41) is 8.88. The van der Waals surface area contributed by atoms with E-state index in [0.717, 1.165) is 29.5 Å². The molecule has 2 rings (SSSR count). The van der Waals surface area contributed by atoms with Gasteiger partial charge in [-0.15, -0.1) is 0 Å². The number of hydrogen-bond acceptors (Lipinski definition) is 3. The largest absolute Gasteiger partial charge is 0.466 e. The van der Waals surface area contributed by atoms with E-state index in [4.69, 9.17) is 10.00 Å². The van der Waals surface area contributed by atoms with Crippen molar-refractivity contribution in [1.29, 1.82) is 5.26 Å². The minimum absolute atomic E-state index is 0.194. The molecule has 1 aromatic carbocycles. The van der Waals surface area contributed by atoms with E-state index in [-0.39, 0.29) is 5.97 Å². The molecule has 18 heavy (non-hydrogen) atoms. The number of carbonyl (C=O) groups is 1. The monoisotopic (exact) mass is 241 g/mol. The Morgan fingerprint density at radius 1 is 1.50 bits per heavy atom. The van der Waals surface area contributed by atoms with Crippen LogP contribution < -0.4 is 0 Å². The molecule has 0 spiro atoms. The Balaban J connectivity index is 2.24. The molecule has 3 heteroatoms. The highest BCUT2D eigenvalue weighted by molar-refractivity contribution is 5.86. The molecule has 0 aliphatic heterocycles. The van der Waals surface area contributed by atoms with Crippen molar-refractivity contribution in [1.82, 2.24) is 0 Å². The zero-order valence-electron chi connectivity index (χ0n) is 10.4. The van der Waals surface area contributed by atoms with Crippen LogP contribution in [0.25, 0.3) is 5.57 Å². The number of benzene rings is 1. The Labute approximate surface area is 107 Å². The quantitative estimate of drug-likeness (QED) is 0.764. The second kappa shape index (κ2) is 5.50. The SMILES string of the molecule is CCOC(=O)CC1=CCCc2cc(C#N)ccc21. The Morgan fingerprint density at radius 2 is 2.33 bits per heavy atom. The van der Waals surface area contributed by atoms with Gasteiger partial charge in [0, 0.05) is 0 Å². The third kappa shape index (κ3) is 2.60.